The molecule has 8 rings (SSSR count). The lowest BCUT2D eigenvalue weighted by molar-refractivity contribution is 1.18. The molecule has 234 valence electrons. The van der Waals surface area contributed by atoms with Gasteiger partial charge in [0.15, 0.2) is 5.82 Å². The van der Waals surface area contributed by atoms with Crippen molar-refractivity contribution in [3.63, 3.8) is 0 Å². The van der Waals surface area contributed by atoms with Crippen LogP contribution in [-0.2, 0) is 0 Å². The van der Waals surface area contributed by atoms with Crippen LogP contribution >= 0.6 is 0 Å². The molecule has 0 saturated heterocycles. The molecule has 0 fully saturated rings. The summed E-state index contributed by atoms with van der Waals surface area (Å²) in [7, 11) is 0. The predicted molar refractivity (Wildman–Crippen MR) is 200 cm³/mol. The van der Waals surface area contributed by atoms with Crippen LogP contribution in [0.4, 0.5) is 0 Å². The van der Waals surface area contributed by atoms with Crippen LogP contribution in [0.1, 0.15) is 5.56 Å². The lowest BCUT2D eigenvalue weighted by Gasteiger charge is -2.17. The van der Waals surface area contributed by atoms with Gasteiger partial charge in [-0.15, -0.1) is 0 Å². The van der Waals surface area contributed by atoms with Gasteiger partial charge in [-0.2, -0.15) is 5.26 Å². The Morgan fingerprint density at radius 2 is 0.680 bits per heavy atom. The second-order valence-electron chi connectivity index (χ2n) is 11.8. The molecule has 8 aromatic rings. The molecule has 2 aromatic heterocycles. The minimum atomic E-state index is 0.493. The average Bonchev–Trinajstić information content (AvgIpc) is 3.21. The van der Waals surface area contributed by atoms with Gasteiger partial charge >= 0.3 is 0 Å². The zero-order valence-electron chi connectivity index (χ0n) is 27.0. The van der Waals surface area contributed by atoms with E-state index in [1.54, 1.807) is 0 Å². The number of nitrogens with zero attached hydrogens (tertiary/aromatic N) is 5. The third-order valence-corrected chi connectivity index (χ3v) is 8.50. The van der Waals surface area contributed by atoms with Crippen LogP contribution in [0.5, 0.6) is 0 Å². The molecule has 0 aliphatic carbocycles. The SMILES string of the molecule is N#Cc1cc(-c2cc(-c3ccccc3)nc(-c3ccccc3)n2)cc(-c2nc(-c3ccccc3)c(-c3ccccc3)nc2-c2ccccc2)c1. The Bertz CT molecular complexity index is 2400. The third kappa shape index (κ3) is 6.17. The number of hydrogen-bond donors (Lipinski definition) is 0. The van der Waals surface area contributed by atoms with Crippen LogP contribution in [0.25, 0.3) is 78.9 Å². The van der Waals surface area contributed by atoms with E-state index < -0.39 is 0 Å². The van der Waals surface area contributed by atoms with Gasteiger partial charge in [0.1, 0.15) is 0 Å². The fourth-order valence-corrected chi connectivity index (χ4v) is 6.07. The molecule has 5 nitrogen and oxygen atoms in total. The molecular weight excluding hydrogens is 611 g/mol. The normalized spacial score (nSPS) is 10.8. The van der Waals surface area contributed by atoms with E-state index in [1.807, 2.05) is 146 Å². The van der Waals surface area contributed by atoms with Gasteiger partial charge < -0.3 is 0 Å². The highest BCUT2D eigenvalue weighted by atomic mass is 14.9. The molecule has 0 bridgehead atoms. The van der Waals surface area contributed by atoms with E-state index in [0.29, 0.717) is 22.8 Å². The number of hydrogen-bond acceptors (Lipinski definition) is 5. The fourth-order valence-electron chi connectivity index (χ4n) is 6.07. The van der Waals surface area contributed by atoms with Crippen molar-refractivity contribution in [3.05, 3.63) is 181 Å². The van der Waals surface area contributed by atoms with Crippen LogP contribution in [0.2, 0.25) is 0 Å². The van der Waals surface area contributed by atoms with Crippen molar-refractivity contribution in [2.75, 3.05) is 0 Å². The summed E-state index contributed by atoms with van der Waals surface area (Å²) in [5, 5.41) is 10.3. The summed E-state index contributed by atoms with van der Waals surface area (Å²) in [6.07, 6.45) is 0. The van der Waals surface area contributed by atoms with Crippen LogP contribution < -0.4 is 0 Å². The molecule has 0 radical (unpaired) electrons. The van der Waals surface area contributed by atoms with E-state index in [-0.39, 0.29) is 0 Å². The van der Waals surface area contributed by atoms with Gasteiger partial charge in [-0.05, 0) is 24.3 Å². The Morgan fingerprint density at radius 3 is 1.12 bits per heavy atom. The van der Waals surface area contributed by atoms with Crippen molar-refractivity contribution >= 4 is 0 Å². The maximum atomic E-state index is 10.3. The van der Waals surface area contributed by atoms with Gasteiger partial charge in [-0.25, -0.2) is 19.9 Å². The summed E-state index contributed by atoms with van der Waals surface area (Å²) >= 11 is 0. The first-order valence-electron chi connectivity index (χ1n) is 16.4. The zero-order valence-corrected chi connectivity index (χ0v) is 27.0. The highest BCUT2D eigenvalue weighted by Gasteiger charge is 2.21. The van der Waals surface area contributed by atoms with Gasteiger partial charge in [0.05, 0.1) is 45.8 Å². The third-order valence-electron chi connectivity index (χ3n) is 8.50. The number of nitriles is 1. The number of benzene rings is 6. The Balaban J connectivity index is 1.39. The summed E-state index contributed by atoms with van der Waals surface area (Å²) in [5.74, 6) is 0.606. The Labute approximate surface area is 290 Å². The highest BCUT2D eigenvalue weighted by molar-refractivity contribution is 5.88. The minimum Gasteiger partial charge on any atom is -0.243 e. The first-order valence-corrected chi connectivity index (χ1v) is 16.4. The molecule has 0 unspecified atom stereocenters. The molecular formula is C45H29N5. The summed E-state index contributed by atoms with van der Waals surface area (Å²) in [4.78, 5) is 20.8. The summed E-state index contributed by atoms with van der Waals surface area (Å²) < 4.78 is 0. The highest BCUT2D eigenvalue weighted by Crippen LogP contribution is 2.39. The average molecular weight is 640 g/mol. The van der Waals surface area contributed by atoms with Crippen LogP contribution in [0, 0.1) is 11.3 Å². The topological polar surface area (TPSA) is 75.3 Å². The van der Waals surface area contributed by atoms with E-state index in [0.717, 1.165) is 61.7 Å². The molecule has 0 aliphatic rings. The number of aromatic nitrogens is 4. The van der Waals surface area contributed by atoms with Gasteiger partial charge in [-0.3, -0.25) is 0 Å². The Hall–Kier alpha value is -7.03. The Morgan fingerprint density at radius 1 is 0.320 bits per heavy atom. The van der Waals surface area contributed by atoms with Gasteiger partial charge in [0, 0.05) is 38.9 Å². The maximum Gasteiger partial charge on any atom is 0.160 e. The van der Waals surface area contributed by atoms with E-state index in [2.05, 4.69) is 36.4 Å². The summed E-state index contributed by atoms with van der Waals surface area (Å²) in [5.41, 5.74) is 11.2. The lowest BCUT2D eigenvalue weighted by Crippen LogP contribution is -2.01. The minimum absolute atomic E-state index is 0.493. The summed E-state index contributed by atoms with van der Waals surface area (Å²) in [6.45, 7) is 0. The molecule has 0 amide bonds. The van der Waals surface area contributed by atoms with Crippen LogP contribution in [-0.4, -0.2) is 19.9 Å². The van der Waals surface area contributed by atoms with Crippen molar-refractivity contribution in [1.82, 2.24) is 19.9 Å². The first-order chi connectivity index (χ1) is 24.7. The molecule has 0 N–H and O–H groups in total. The van der Waals surface area contributed by atoms with Crippen LogP contribution in [0.3, 0.4) is 0 Å². The molecule has 5 heteroatoms. The van der Waals surface area contributed by atoms with E-state index >= 15 is 0 Å². The molecule has 50 heavy (non-hydrogen) atoms. The number of rotatable bonds is 7. The Kier molecular flexibility index (Phi) is 8.25. The first kappa shape index (κ1) is 30.3. The molecule has 0 spiro atoms. The summed E-state index contributed by atoms with van der Waals surface area (Å²) in [6, 6.07) is 60.6. The largest absolute Gasteiger partial charge is 0.243 e. The molecule has 0 atom stereocenters. The molecule has 0 saturated carbocycles. The second-order valence-corrected chi connectivity index (χ2v) is 11.8. The van der Waals surface area contributed by atoms with Gasteiger partial charge in [0.25, 0.3) is 0 Å². The zero-order chi connectivity index (χ0) is 33.7. The van der Waals surface area contributed by atoms with Crippen molar-refractivity contribution < 1.29 is 0 Å². The maximum absolute atomic E-state index is 10.3. The molecule has 6 aromatic carbocycles. The predicted octanol–water partition coefficient (Wildman–Crippen LogP) is 10.8. The van der Waals surface area contributed by atoms with E-state index in [4.69, 9.17) is 19.9 Å². The van der Waals surface area contributed by atoms with Crippen molar-refractivity contribution in [2.45, 2.75) is 0 Å². The van der Waals surface area contributed by atoms with Crippen LogP contribution in [0.15, 0.2) is 176 Å². The quantitative estimate of drug-likeness (QED) is 0.173. The molecule has 2 heterocycles. The van der Waals surface area contributed by atoms with Crippen molar-refractivity contribution in [3.8, 4) is 85.0 Å². The van der Waals surface area contributed by atoms with Crippen molar-refractivity contribution in [2.24, 2.45) is 0 Å². The lowest BCUT2D eigenvalue weighted by atomic mass is 9.96. The van der Waals surface area contributed by atoms with E-state index in [1.165, 1.54) is 0 Å². The standard InChI is InChI=1S/C45H29N5/c46-30-31-26-37(40-29-39(32-16-6-1-7-17-32)47-45(48-40)36-24-14-5-15-25-36)28-38(27-31)44-43(35-22-12-4-13-23-35)49-41(33-18-8-2-9-19-33)42(50-44)34-20-10-3-11-21-34/h1-29H. The van der Waals surface area contributed by atoms with Gasteiger partial charge in [0.2, 0.25) is 0 Å². The second kappa shape index (κ2) is 13.6. The molecule has 0 aliphatic heterocycles. The van der Waals surface area contributed by atoms with E-state index in [9.17, 15) is 5.26 Å². The van der Waals surface area contributed by atoms with Crippen molar-refractivity contribution in [1.29, 1.82) is 5.26 Å². The fraction of sp³-hybridized carbons (Fsp3) is 0. The smallest absolute Gasteiger partial charge is 0.160 e. The van der Waals surface area contributed by atoms with Gasteiger partial charge in [-0.1, -0.05) is 152 Å². The monoisotopic (exact) mass is 639 g/mol.